The predicted octanol–water partition coefficient (Wildman–Crippen LogP) is 1.00. The maximum Gasteiger partial charge on any atom is 0.143 e. The van der Waals surface area contributed by atoms with Gasteiger partial charge in [-0.2, -0.15) is 0 Å². The van der Waals surface area contributed by atoms with Crippen molar-refractivity contribution in [3.8, 4) is 5.75 Å². The van der Waals surface area contributed by atoms with Gasteiger partial charge in [0.1, 0.15) is 5.75 Å². The number of para-hydroxylation sites is 2. The van der Waals surface area contributed by atoms with Crippen molar-refractivity contribution in [2.24, 2.45) is 0 Å². The molecule has 0 saturated heterocycles. The molecule has 0 amide bonds. The van der Waals surface area contributed by atoms with Gasteiger partial charge in [-0.3, -0.25) is 10.6 Å². The number of anilines is 1. The third kappa shape index (κ3) is 1.83. The Morgan fingerprint density at radius 3 is 2.73 bits per heavy atom. The summed E-state index contributed by atoms with van der Waals surface area (Å²) in [6.45, 7) is 0. The second kappa shape index (κ2) is 3.80. The zero-order valence-corrected chi connectivity index (χ0v) is 6.16. The molecule has 60 valence electrons. The van der Waals surface area contributed by atoms with Crippen LogP contribution >= 0.6 is 0 Å². The van der Waals surface area contributed by atoms with Crippen molar-refractivity contribution in [2.75, 3.05) is 12.5 Å². The smallest absolute Gasteiger partial charge is 0.143 e. The van der Waals surface area contributed by atoms with Gasteiger partial charge >= 0.3 is 0 Å². The summed E-state index contributed by atoms with van der Waals surface area (Å²) in [6, 6.07) is 7.26. The lowest BCUT2D eigenvalue weighted by Gasteiger charge is -2.07. The van der Waals surface area contributed by atoms with Crippen molar-refractivity contribution in [1.29, 1.82) is 0 Å². The summed E-state index contributed by atoms with van der Waals surface area (Å²) in [5, 5.41) is 8.32. The minimum Gasteiger partial charge on any atom is -0.495 e. The average Bonchev–Trinajstić information content (AvgIpc) is 2.06. The lowest BCUT2D eigenvalue weighted by Crippen LogP contribution is -2.16. The second-order valence-corrected chi connectivity index (χ2v) is 1.94. The van der Waals surface area contributed by atoms with E-state index in [1.54, 1.807) is 19.2 Å². The summed E-state index contributed by atoms with van der Waals surface area (Å²) in [7, 11) is 1.57. The fourth-order valence-electron chi connectivity index (χ4n) is 0.808. The molecule has 0 atom stereocenters. The molecule has 1 aromatic rings. The first kappa shape index (κ1) is 7.84. The number of methoxy groups -OCH3 is 1. The van der Waals surface area contributed by atoms with Crippen LogP contribution in [0, 0.1) is 0 Å². The molecule has 1 aromatic carbocycles. The maximum atomic E-state index is 8.32. The van der Waals surface area contributed by atoms with Crippen LogP contribution in [0.4, 0.5) is 5.69 Å². The van der Waals surface area contributed by atoms with E-state index in [-0.39, 0.29) is 0 Å². The van der Waals surface area contributed by atoms with Crippen LogP contribution in [0.2, 0.25) is 0 Å². The summed E-state index contributed by atoms with van der Waals surface area (Å²) >= 11 is 0. The third-order valence-corrected chi connectivity index (χ3v) is 1.30. The Hall–Kier alpha value is -1.26. The highest BCUT2D eigenvalue weighted by atomic mass is 16.5. The molecule has 4 nitrogen and oxygen atoms in total. The Morgan fingerprint density at radius 1 is 1.36 bits per heavy atom. The van der Waals surface area contributed by atoms with E-state index < -0.39 is 0 Å². The van der Waals surface area contributed by atoms with Crippen molar-refractivity contribution >= 4 is 5.69 Å². The molecular weight excluding hydrogens is 144 g/mol. The first-order valence-corrected chi connectivity index (χ1v) is 3.16. The van der Waals surface area contributed by atoms with E-state index in [0.717, 1.165) is 0 Å². The van der Waals surface area contributed by atoms with Crippen LogP contribution in [0.15, 0.2) is 24.3 Å². The molecule has 0 aliphatic rings. The number of benzene rings is 1. The molecule has 0 aliphatic carbocycles. The summed E-state index contributed by atoms with van der Waals surface area (Å²) in [4.78, 5) is 0. The van der Waals surface area contributed by atoms with E-state index in [1.807, 2.05) is 17.7 Å². The minimum absolute atomic E-state index is 0.675. The highest BCUT2D eigenvalue weighted by molar-refractivity contribution is 5.55. The zero-order chi connectivity index (χ0) is 8.10. The number of rotatable bonds is 3. The van der Waals surface area contributed by atoms with Crippen LogP contribution in [-0.2, 0) is 0 Å². The van der Waals surface area contributed by atoms with Gasteiger partial charge < -0.3 is 4.74 Å². The van der Waals surface area contributed by atoms with Crippen molar-refractivity contribution in [1.82, 2.24) is 5.59 Å². The summed E-state index contributed by atoms with van der Waals surface area (Å²) in [5.41, 5.74) is 5.03. The normalized spacial score (nSPS) is 9.27. The van der Waals surface area contributed by atoms with Crippen molar-refractivity contribution in [2.45, 2.75) is 0 Å². The molecule has 0 radical (unpaired) electrons. The van der Waals surface area contributed by atoms with Crippen LogP contribution in [0.5, 0.6) is 5.75 Å². The standard InChI is InChI=1S/C7H10N2O2/c1-11-7-5-3-2-4-6(7)8-9-10/h2-5,8-10H,1H3. The fourth-order valence-corrected chi connectivity index (χ4v) is 0.808. The lowest BCUT2D eigenvalue weighted by atomic mass is 10.3. The zero-order valence-electron chi connectivity index (χ0n) is 6.16. The molecule has 0 spiro atoms. The minimum atomic E-state index is 0.675. The first-order valence-electron chi connectivity index (χ1n) is 3.16. The molecule has 1 rings (SSSR count). The van der Waals surface area contributed by atoms with Gasteiger partial charge in [0.2, 0.25) is 0 Å². The van der Waals surface area contributed by atoms with Crippen LogP contribution in [0.25, 0.3) is 0 Å². The molecule has 11 heavy (non-hydrogen) atoms. The molecule has 0 unspecified atom stereocenters. The average molecular weight is 154 g/mol. The molecule has 0 bridgehead atoms. The van der Waals surface area contributed by atoms with Gasteiger partial charge in [0, 0.05) is 0 Å². The Morgan fingerprint density at radius 2 is 2.09 bits per heavy atom. The summed E-state index contributed by atoms with van der Waals surface area (Å²) in [5.74, 6) is 0.675. The molecule has 0 saturated carbocycles. The van der Waals surface area contributed by atoms with Crippen LogP contribution < -0.4 is 15.8 Å². The Labute approximate surface area is 64.7 Å². The molecule has 4 heteroatoms. The van der Waals surface area contributed by atoms with Gasteiger partial charge in [-0.15, -0.1) is 5.59 Å². The Balaban J connectivity index is 2.83. The van der Waals surface area contributed by atoms with Gasteiger partial charge in [-0.25, -0.2) is 0 Å². The largest absolute Gasteiger partial charge is 0.495 e. The van der Waals surface area contributed by atoms with Crippen LogP contribution in [0.1, 0.15) is 0 Å². The van der Waals surface area contributed by atoms with E-state index in [4.69, 9.17) is 9.94 Å². The Kier molecular flexibility index (Phi) is 2.71. The quantitative estimate of drug-likeness (QED) is 0.568. The molecule has 0 fully saturated rings. The number of hydrazine groups is 1. The third-order valence-electron chi connectivity index (χ3n) is 1.30. The van der Waals surface area contributed by atoms with Crippen molar-refractivity contribution in [3.05, 3.63) is 24.3 Å². The van der Waals surface area contributed by atoms with E-state index in [2.05, 4.69) is 5.43 Å². The summed E-state index contributed by atoms with van der Waals surface area (Å²) < 4.78 is 4.98. The molecular formula is C7H10N2O2. The van der Waals surface area contributed by atoms with Crippen molar-refractivity contribution < 1.29 is 9.94 Å². The van der Waals surface area contributed by atoms with Gasteiger partial charge in [0.05, 0.1) is 12.8 Å². The highest BCUT2D eigenvalue weighted by Crippen LogP contribution is 2.21. The van der Waals surface area contributed by atoms with Gasteiger partial charge in [-0.1, -0.05) is 12.1 Å². The van der Waals surface area contributed by atoms with E-state index >= 15 is 0 Å². The number of ether oxygens (including phenoxy) is 1. The monoisotopic (exact) mass is 154 g/mol. The molecule has 3 N–H and O–H groups in total. The molecule has 0 aromatic heterocycles. The Bertz CT molecular complexity index is 227. The molecule has 0 aliphatic heterocycles. The predicted molar refractivity (Wildman–Crippen MR) is 41.5 cm³/mol. The molecule has 0 heterocycles. The van der Waals surface area contributed by atoms with Gasteiger partial charge in [0.15, 0.2) is 0 Å². The first-order chi connectivity index (χ1) is 5.38. The number of nitrogens with one attached hydrogen (secondary N) is 2. The lowest BCUT2D eigenvalue weighted by molar-refractivity contribution is 0.192. The van der Waals surface area contributed by atoms with Crippen LogP contribution in [-0.4, -0.2) is 12.3 Å². The van der Waals surface area contributed by atoms with E-state index in [1.165, 1.54) is 0 Å². The summed E-state index contributed by atoms with van der Waals surface area (Å²) in [6.07, 6.45) is 0. The van der Waals surface area contributed by atoms with Gasteiger partial charge in [-0.05, 0) is 12.1 Å². The van der Waals surface area contributed by atoms with E-state index in [0.29, 0.717) is 11.4 Å². The van der Waals surface area contributed by atoms with E-state index in [9.17, 15) is 0 Å². The topological polar surface area (TPSA) is 53.5 Å². The van der Waals surface area contributed by atoms with Crippen molar-refractivity contribution in [3.63, 3.8) is 0 Å². The highest BCUT2D eigenvalue weighted by Gasteiger charge is 1.97. The second-order valence-electron chi connectivity index (χ2n) is 1.94. The SMILES string of the molecule is COc1ccccc1NNO. The maximum absolute atomic E-state index is 8.32. The fraction of sp³-hybridized carbons (Fsp3) is 0.143. The number of hydrogen-bond donors (Lipinski definition) is 3. The number of hydrogen-bond acceptors (Lipinski definition) is 4. The van der Waals surface area contributed by atoms with Crippen LogP contribution in [0.3, 0.4) is 0 Å². The van der Waals surface area contributed by atoms with Gasteiger partial charge in [0.25, 0.3) is 0 Å².